The highest BCUT2D eigenvalue weighted by atomic mass is 19.4. The molecule has 0 amide bonds. The molecule has 0 aliphatic carbocycles. The summed E-state index contributed by atoms with van der Waals surface area (Å²) >= 11 is 0. The van der Waals surface area contributed by atoms with Crippen LogP contribution in [0.3, 0.4) is 0 Å². The zero-order valence-corrected chi connectivity index (χ0v) is 15.3. The van der Waals surface area contributed by atoms with Crippen LogP contribution in [0.2, 0.25) is 0 Å². The summed E-state index contributed by atoms with van der Waals surface area (Å²) in [5, 5.41) is 14.1. The average molecular weight is 430 g/mol. The van der Waals surface area contributed by atoms with Crippen LogP contribution in [0.5, 0.6) is 11.5 Å². The Hall–Kier alpha value is -3.30. The minimum Gasteiger partial charge on any atom is -0.489 e. The maximum atomic E-state index is 13.1. The SMILES string of the molecule is C=CC(COc1ccc(C=N)c(C(F)(F)F)c1)Oc1ccc(C=N)c(C(F)(F)F)c1. The van der Waals surface area contributed by atoms with Gasteiger partial charge in [-0.05, 0) is 42.5 Å². The highest BCUT2D eigenvalue weighted by Crippen LogP contribution is 2.35. The van der Waals surface area contributed by atoms with E-state index in [2.05, 4.69) is 6.58 Å². The molecular weight excluding hydrogens is 414 g/mol. The number of rotatable bonds is 8. The quantitative estimate of drug-likeness (QED) is 0.319. The van der Waals surface area contributed by atoms with Crippen LogP contribution in [0.4, 0.5) is 26.3 Å². The molecule has 0 bridgehead atoms. The van der Waals surface area contributed by atoms with Crippen LogP contribution in [-0.4, -0.2) is 25.1 Å². The normalized spacial score (nSPS) is 12.7. The van der Waals surface area contributed by atoms with E-state index in [9.17, 15) is 26.3 Å². The number of hydrogen-bond acceptors (Lipinski definition) is 4. The van der Waals surface area contributed by atoms with E-state index >= 15 is 0 Å². The van der Waals surface area contributed by atoms with E-state index in [0.717, 1.165) is 24.3 Å². The minimum atomic E-state index is -4.70. The maximum Gasteiger partial charge on any atom is 0.417 e. The van der Waals surface area contributed by atoms with Crippen molar-refractivity contribution in [3.8, 4) is 11.5 Å². The molecule has 4 nitrogen and oxygen atoms in total. The standard InChI is InChI=1S/C20H16F6N2O2/c1-2-14(30-16-6-4-13(10-28)18(8-16)20(24,25)26)11-29-15-5-3-12(9-27)17(7-15)19(21,22)23/h2-10,14,27-28H,1,11H2. The molecule has 0 aromatic heterocycles. The molecule has 0 radical (unpaired) electrons. The summed E-state index contributed by atoms with van der Waals surface area (Å²) in [6, 6.07) is 6.04. The Morgan fingerprint density at radius 1 is 0.833 bits per heavy atom. The largest absolute Gasteiger partial charge is 0.489 e. The van der Waals surface area contributed by atoms with Gasteiger partial charge in [-0.2, -0.15) is 26.3 Å². The summed E-state index contributed by atoms with van der Waals surface area (Å²) in [6.45, 7) is 3.16. The fourth-order valence-electron chi connectivity index (χ4n) is 2.48. The first-order valence-electron chi connectivity index (χ1n) is 8.35. The van der Waals surface area contributed by atoms with Crippen LogP contribution in [0.1, 0.15) is 22.3 Å². The van der Waals surface area contributed by atoms with Gasteiger partial charge in [-0.1, -0.05) is 6.58 Å². The van der Waals surface area contributed by atoms with Crippen molar-refractivity contribution in [2.75, 3.05) is 6.61 Å². The summed E-state index contributed by atoms with van der Waals surface area (Å²) in [7, 11) is 0. The lowest BCUT2D eigenvalue weighted by molar-refractivity contribution is -0.138. The number of alkyl halides is 6. The number of nitrogens with one attached hydrogen (secondary N) is 2. The lowest BCUT2D eigenvalue weighted by Gasteiger charge is -2.19. The van der Waals surface area contributed by atoms with Crippen molar-refractivity contribution in [3.63, 3.8) is 0 Å². The van der Waals surface area contributed by atoms with Crippen LogP contribution >= 0.6 is 0 Å². The van der Waals surface area contributed by atoms with Gasteiger partial charge < -0.3 is 20.3 Å². The number of halogens is 6. The van der Waals surface area contributed by atoms with E-state index in [4.69, 9.17) is 20.3 Å². The molecule has 0 aliphatic rings. The predicted molar refractivity (Wildman–Crippen MR) is 98.8 cm³/mol. The Bertz CT molecular complexity index is 938. The molecule has 2 aromatic rings. The third-order valence-corrected chi connectivity index (χ3v) is 3.94. The van der Waals surface area contributed by atoms with Crippen molar-refractivity contribution in [1.29, 1.82) is 10.8 Å². The van der Waals surface area contributed by atoms with Gasteiger partial charge in [0.1, 0.15) is 18.1 Å². The molecule has 10 heteroatoms. The summed E-state index contributed by atoms with van der Waals surface area (Å²) in [5.41, 5.74) is -2.79. The molecule has 2 rings (SSSR count). The third kappa shape index (κ3) is 5.62. The highest BCUT2D eigenvalue weighted by molar-refractivity contribution is 5.80. The molecule has 0 heterocycles. The molecule has 2 N–H and O–H groups in total. The van der Waals surface area contributed by atoms with Gasteiger partial charge in [0.05, 0.1) is 11.1 Å². The Balaban J connectivity index is 2.17. The number of hydrogen-bond donors (Lipinski definition) is 2. The van der Waals surface area contributed by atoms with Gasteiger partial charge in [0.2, 0.25) is 0 Å². The molecule has 160 valence electrons. The summed E-state index contributed by atoms with van der Waals surface area (Å²) in [5.74, 6) is -0.324. The van der Waals surface area contributed by atoms with Crippen molar-refractivity contribution in [2.45, 2.75) is 18.5 Å². The Labute approximate surface area is 167 Å². The first-order chi connectivity index (χ1) is 14.0. The molecule has 0 fully saturated rings. The molecule has 1 atom stereocenters. The molecule has 0 aliphatic heterocycles. The first-order valence-corrected chi connectivity index (χ1v) is 8.35. The van der Waals surface area contributed by atoms with Crippen LogP contribution in [-0.2, 0) is 12.4 Å². The summed E-state index contributed by atoms with van der Waals surface area (Å²) in [4.78, 5) is 0. The van der Waals surface area contributed by atoms with Crippen molar-refractivity contribution >= 4 is 12.4 Å². The monoisotopic (exact) mass is 430 g/mol. The van der Waals surface area contributed by atoms with Crippen LogP contribution in [0, 0.1) is 10.8 Å². The minimum absolute atomic E-state index is 0.154. The van der Waals surface area contributed by atoms with E-state index in [1.807, 2.05) is 0 Å². The molecule has 30 heavy (non-hydrogen) atoms. The highest BCUT2D eigenvalue weighted by Gasteiger charge is 2.34. The second-order valence-corrected chi connectivity index (χ2v) is 5.99. The second kappa shape index (κ2) is 9.02. The van der Waals surface area contributed by atoms with E-state index in [0.29, 0.717) is 12.4 Å². The third-order valence-electron chi connectivity index (χ3n) is 3.94. The molecule has 2 aromatic carbocycles. The van der Waals surface area contributed by atoms with Gasteiger partial charge in [0.25, 0.3) is 0 Å². The summed E-state index contributed by atoms with van der Waals surface area (Å²) < 4.78 is 89.1. The Kier molecular flexibility index (Phi) is 6.91. The zero-order valence-electron chi connectivity index (χ0n) is 15.3. The summed E-state index contributed by atoms with van der Waals surface area (Å²) in [6.07, 6.45) is -7.99. The van der Waals surface area contributed by atoms with Crippen molar-refractivity contribution in [1.82, 2.24) is 0 Å². The Morgan fingerprint density at radius 3 is 1.73 bits per heavy atom. The smallest absolute Gasteiger partial charge is 0.417 e. The molecule has 0 saturated carbocycles. The molecule has 1 unspecified atom stereocenters. The molecular formula is C20H16F6N2O2. The van der Waals surface area contributed by atoms with Gasteiger partial charge in [-0.15, -0.1) is 0 Å². The predicted octanol–water partition coefficient (Wildman–Crippen LogP) is 5.73. The van der Waals surface area contributed by atoms with Crippen molar-refractivity contribution in [2.24, 2.45) is 0 Å². The first kappa shape index (κ1) is 23.0. The molecule has 0 spiro atoms. The van der Waals surface area contributed by atoms with Gasteiger partial charge in [-0.3, -0.25) is 0 Å². The van der Waals surface area contributed by atoms with E-state index < -0.39 is 29.6 Å². The topological polar surface area (TPSA) is 66.2 Å². The Morgan fingerprint density at radius 2 is 1.30 bits per heavy atom. The maximum absolute atomic E-state index is 13.1. The van der Waals surface area contributed by atoms with Crippen LogP contribution in [0.15, 0.2) is 49.1 Å². The fourth-order valence-corrected chi connectivity index (χ4v) is 2.48. The van der Waals surface area contributed by atoms with Gasteiger partial charge in [-0.25, -0.2) is 0 Å². The van der Waals surface area contributed by atoms with E-state index in [1.54, 1.807) is 0 Å². The molecule has 0 saturated heterocycles. The van der Waals surface area contributed by atoms with Crippen molar-refractivity contribution < 1.29 is 35.8 Å². The lowest BCUT2D eigenvalue weighted by Crippen LogP contribution is -2.23. The number of ether oxygens (including phenoxy) is 2. The van der Waals surface area contributed by atoms with Gasteiger partial charge >= 0.3 is 12.4 Å². The van der Waals surface area contributed by atoms with Crippen LogP contribution in [0.25, 0.3) is 0 Å². The second-order valence-electron chi connectivity index (χ2n) is 5.99. The van der Waals surface area contributed by atoms with Gasteiger partial charge in [0, 0.05) is 23.6 Å². The fraction of sp³-hybridized carbons (Fsp3) is 0.200. The van der Waals surface area contributed by atoms with Gasteiger partial charge in [0.15, 0.2) is 6.10 Å². The lowest BCUT2D eigenvalue weighted by atomic mass is 10.1. The van der Waals surface area contributed by atoms with Crippen LogP contribution < -0.4 is 9.47 Å². The zero-order chi connectivity index (χ0) is 22.5. The van der Waals surface area contributed by atoms with E-state index in [1.165, 1.54) is 18.2 Å². The average Bonchev–Trinajstić information content (AvgIpc) is 2.69. The number of benzene rings is 2. The van der Waals surface area contributed by atoms with Crippen molar-refractivity contribution in [3.05, 3.63) is 71.3 Å². The van der Waals surface area contributed by atoms with E-state index in [-0.39, 0.29) is 29.2 Å².